The molecule has 0 saturated heterocycles. The highest BCUT2D eigenvalue weighted by molar-refractivity contribution is 6.91. The van der Waals surface area contributed by atoms with Crippen LogP contribution in [0.3, 0.4) is 0 Å². The summed E-state index contributed by atoms with van der Waals surface area (Å²) >= 11 is 0. The lowest BCUT2D eigenvalue weighted by Crippen LogP contribution is -2.52. The Balaban J connectivity index is 0.963. The largest absolute Gasteiger partial charge is 0.294 e. The molecule has 312 valence electrons. The Kier molecular flexibility index (Phi) is 16.0. The Labute approximate surface area is 343 Å². The van der Waals surface area contributed by atoms with Crippen molar-refractivity contribution in [1.29, 1.82) is 0 Å². The van der Waals surface area contributed by atoms with Crippen LogP contribution in [0.5, 0.6) is 0 Å². The highest BCUT2D eigenvalue weighted by atomic mass is 28.3. The van der Waals surface area contributed by atoms with Crippen LogP contribution in [0.15, 0.2) is 23.6 Å². The average Bonchev–Trinajstić information content (AvgIpc) is 3.27. The molecule has 0 radical (unpaired) electrons. The number of nitrogens with zero attached hydrogens (tertiary/aromatic N) is 2. The Hall–Kier alpha value is -0.383. The first kappa shape index (κ1) is 41.4. The Morgan fingerprint density at radius 2 is 0.491 bits per heavy atom. The molecule has 0 N–H and O–H groups in total. The van der Waals surface area contributed by atoms with Crippen molar-refractivity contribution in [3.63, 3.8) is 0 Å². The molecular weight excluding hydrogens is 681 g/mol. The van der Waals surface area contributed by atoms with Gasteiger partial charge in [0.15, 0.2) is 0 Å². The monoisotopic (exact) mass is 771 g/mol. The molecule has 8 aliphatic rings. The molecule has 8 saturated carbocycles. The van der Waals surface area contributed by atoms with Gasteiger partial charge in [-0.1, -0.05) is 165 Å². The molecule has 0 amide bonds. The second kappa shape index (κ2) is 21.2. The lowest BCUT2D eigenvalue weighted by atomic mass is 9.81. The molecule has 0 aromatic heterocycles. The zero-order valence-electron chi connectivity index (χ0n) is 36.3. The number of allylic oxidation sites excluding steroid dienone is 2. The molecule has 0 bridgehead atoms. The molecule has 0 unspecified atom stereocenters. The zero-order valence-corrected chi connectivity index (χ0v) is 37.3. The molecule has 8 fully saturated rings. The Bertz CT molecular complexity index is 1000. The van der Waals surface area contributed by atoms with Crippen molar-refractivity contribution in [2.75, 3.05) is 0 Å². The topological polar surface area (TPSA) is 6.48 Å². The molecule has 3 heteroatoms. The summed E-state index contributed by atoms with van der Waals surface area (Å²) in [5, 5.41) is 0. The van der Waals surface area contributed by atoms with Crippen LogP contribution in [0.1, 0.15) is 244 Å². The first-order valence-corrected chi connectivity index (χ1v) is 28.5. The fourth-order valence-electron chi connectivity index (χ4n) is 15.2. The maximum absolute atomic E-state index is 3.21. The number of rotatable bonds is 12. The molecule has 55 heavy (non-hydrogen) atoms. The van der Waals surface area contributed by atoms with Crippen molar-refractivity contribution in [3.05, 3.63) is 23.6 Å². The maximum atomic E-state index is 3.21. The van der Waals surface area contributed by atoms with Crippen molar-refractivity contribution in [2.45, 2.75) is 291 Å². The van der Waals surface area contributed by atoms with E-state index in [4.69, 9.17) is 0 Å². The minimum absolute atomic E-state index is 0.851. The summed E-state index contributed by atoms with van der Waals surface area (Å²) < 4.78 is 0. The summed E-state index contributed by atoms with van der Waals surface area (Å²) in [6.07, 6.45) is 63.0. The van der Waals surface area contributed by atoms with E-state index >= 15 is 0 Å². The second-order valence-electron chi connectivity index (χ2n) is 21.6. The molecular formula is C52H90N2Si. The van der Waals surface area contributed by atoms with Gasteiger partial charge in [-0.05, 0) is 126 Å². The third kappa shape index (κ3) is 10.7. The average molecular weight is 771 g/mol. The minimum Gasteiger partial charge on any atom is -0.294 e. The summed E-state index contributed by atoms with van der Waals surface area (Å²) in [5.41, 5.74) is 8.26. The number of hydrogen-bond acceptors (Lipinski definition) is 2. The normalized spacial score (nSPS) is 33.3. The fraction of sp³-hybridized carbons (Fsp3) is 0.923. The zero-order chi connectivity index (χ0) is 37.1. The van der Waals surface area contributed by atoms with Gasteiger partial charge < -0.3 is 0 Å². The van der Waals surface area contributed by atoms with Crippen LogP contribution in [-0.4, -0.2) is 54.1 Å². The van der Waals surface area contributed by atoms with Gasteiger partial charge in [0.25, 0.3) is 0 Å². The molecule has 2 nitrogen and oxygen atoms in total. The molecule has 0 heterocycles. The standard InChI is InChI=1S/C52H90N2Si/c1-7-19-45(20-8-1)53(46-21-9-2-10-22-46)49-35-31-43(32-36-49)39-41-55(51-27-15-5-16-28-51,52-29-17-6-18-30-52)42-40-44-33-37-50(38-34-44)54(47-23-11-3-12-24-47)48-25-13-4-14-26-48/h39-52H,1-38H2. The first-order chi connectivity index (χ1) is 27.3. The minimum atomic E-state index is -1.73. The SMILES string of the molecule is C(=C[Si](C=CC1CCC(N(C2CCCCC2)C2CCCCC2)CC1)(C1CCCCC1)C1CCCCC1)C1CCC(N(C2CCCCC2)C2CCCCC2)CC1. The quantitative estimate of drug-likeness (QED) is 0.182. The van der Waals surface area contributed by atoms with Gasteiger partial charge in [-0.25, -0.2) is 0 Å². The van der Waals surface area contributed by atoms with Crippen LogP contribution in [0.25, 0.3) is 0 Å². The first-order valence-electron chi connectivity index (χ1n) is 26.2. The Morgan fingerprint density at radius 1 is 0.255 bits per heavy atom. The molecule has 0 atom stereocenters. The van der Waals surface area contributed by atoms with Crippen LogP contribution in [0, 0.1) is 11.8 Å². The second-order valence-corrected chi connectivity index (χ2v) is 25.9. The van der Waals surface area contributed by atoms with Crippen LogP contribution >= 0.6 is 0 Å². The summed E-state index contributed by atoms with van der Waals surface area (Å²) in [6.45, 7) is 0. The molecule has 0 aromatic rings. The molecule has 0 aromatic carbocycles. The smallest absolute Gasteiger partial charge is 0.107 e. The third-order valence-corrected chi connectivity index (χ3v) is 23.8. The van der Waals surface area contributed by atoms with Crippen molar-refractivity contribution in [2.24, 2.45) is 11.8 Å². The van der Waals surface area contributed by atoms with Crippen LogP contribution in [0.4, 0.5) is 0 Å². The van der Waals surface area contributed by atoms with E-state index in [2.05, 4.69) is 33.4 Å². The summed E-state index contributed by atoms with van der Waals surface area (Å²) in [5.74, 6) is 1.70. The molecule has 0 aliphatic heterocycles. The molecule has 8 rings (SSSR count). The van der Waals surface area contributed by atoms with E-state index in [1.807, 2.05) is 0 Å². The van der Waals surface area contributed by atoms with Crippen LogP contribution in [-0.2, 0) is 0 Å². The fourth-order valence-corrected chi connectivity index (χ4v) is 21.1. The highest BCUT2D eigenvalue weighted by Gasteiger charge is 2.45. The summed E-state index contributed by atoms with van der Waals surface area (Å²) in [7, 11) is -1.73. The third-order valence-electron chi connectivity index (χ3n) is 18.3. The van der Waals surface area contributed by atoms with Gasteiger partial charge in [-0.2, -0.15) is 0 Å². The number of hydrogen-bond donors (Lipinski definition) is 0. The predicted octanol–water partition coefficient (Wildman–Crippen LogP) is 15.3. The van der Waals surface area contributed by atoms with Gasteiger partial charge in [-0.3, -0.25) is 9.80 Å². The van der Waals surface area contributed by atoms with E-state index in [1.165, 1.54) is 218 Å². The van der Waals surface area contributed by atoms with Crippen molar-refractivity contribution in [1.82, 2.24) is 9.80 Å². The van der Waals surface area contributed by atoms with Gasteiger partial charge in [0.2, 0.25) is 0 Å². The Morgan fingerprint density at radius 3 is 0.764 bits per heavy atom. The van der Waals surface area contributed by atoms with Crippen molar-refractivity contribution in [3.8, 4) is 0 Å². The van der Waals surface area contributed by atoms with E-state index < -0.39 is 8.07 Å². The van der Waals surface area contributed by atoms with E-state index in [-0.39, 0.29) is 0 Å². The van der Waals surface area contributed by atoms with Gasteiger partial charge in [0.1, 0.15) is 8.07 Å². The lowest BCUT2D eigenvalue weighted by molar-refractivity contribution is 0.0182. The van der Waals surface area contributed by atoms with E-state index in [0.29, 0.717) is 0 Å². The van der Waals surface area contributed by atoms with Crippen LogP contribution in [0.2, 0.25) is 11.1 Å². The van der Waals surface area contributed by atoms with E-state index in [9.17, 15) is 0 Å². The van der Waals surface area contributed by atoms with Gasteiger partial charge >= 0.3 is 0 Å². The van der Waals surface area contributed by atoms with Gasteiger partial charge in [-0.15, -0.1) is 0 Å². The van der Waals surface area contributed by atoms with Crippen LogP contribution < -0.4 is 0 Å². The predicted molar refractivity (Wildman–Crippen MR) is 240 cm³/mol. The van der Waals surface area contributed by atoms with Crippen molar-refractivity contribution < 1.29 is 0 Å². The lowest BCUT2D eigenvalue weighted by Gasteiger charge is -2.48. The maximum Gasteiger partial charge on any atom is 0.107 e. The summed E-state index contributed by atoms with van der Waals surface area (Å²) in [6, 6.07) is 5.42. The van der Waals surface area contributed by atoms with Crippen molar-refractivity contribution >= 4 is 8.07 Å². The van der Waals surface area contributed by atoms with Gasteiger partial charge in [0, 0.05) is 36.3 Å². The molecule has 8 aliphatic carbocycles. The van der Waals surface area contributed by atoms with E-state index in [1.54, 1.807) is 25.7 Å². The van der Waals surface area contributed by atoms with E-state index in [0.717, 1.165) is 59.2 Å². The van der Waals surface area contributed by atoms with Gasteiger partial charge in [0.05, 0.1) is 0 Å². The summed E-state index contributed by atoms with van der Waals surface area (Å²) in [4.78, 5) is 6.42. The highest BCUT2D eigenvalue weighted by Crippen LogP contribution is 2.51. The molecule has 0 spiro atoms.